The van der Waals surface area contributed by atoms with Gasteiger partial charge in [0.2, 0.25) is 0 Å². The second-order valence-corrected chi connectivity index (χ2v) is 2.44. The maximum absolute atomic E-state index is 12.1. The van der Waals surface area contributed by atoms with Crippen molar-refractivity contribution in [3.8, 4) is 0 Å². The van der Waals surface area contributed by atoms with Crippen molar-refractivity contribution >= 4 is 48.5 Å². The van der Waals surface area contributed by atoms with Crippen LogP contribution in [-0.2, 0) is 0 Å². The molecule has 0 radical (unpaired) electrons. The second-order valence-electron chi connectivity index (χ2n) is 1.63. The molecule has 0 saturated heterocycles. The van der Waals surface area contributed by atoms with Crippen molar-refractivity contribution in [1.29, 1.82) is 0 Å². The fraction of sp³-hybridized carbons (Fsp3) is 0. The van der Waals surface area contributed by atoms with E-state index in [-0.39, 0.29) is 79.8 Å². The van der Waals surface area contributed by atoms with Crippen LogP contribution in [0.2, 0.25) is 0 Å². The Morgan fingerprint density at radius 1 is 0.917 bits per heavy atom. The third kappa shape index (κ3) is 10.2. The minimum atomic E-state index is -0.166. The predicted molar refractivity (Wildman–Crippen MR) is 37.5 cm³/mol. The van der Waals surface area contributed by atoms with E-state index in [1.54, 1.807) is 33.8 Å². The van der Waals surface area contributed by atoms with Crippen molar-refractivity contribution in [2.75, 3.05) is 0 Å². The van der Waals surface area contributed by atoms with Crippen LogP contribution >= 0.6 is 0 Å². The standard InChI is InChI=1S/C6H4F.3BrH.2Mg/c7-6-4-2-1-3-5-6;;;;;/h2-5H;3*1H;;/q;;;;+1;+2/p-3. The molecule has 0 fully saturated rings. The molecule has 1 aromatic carbocycles. The number of hydrogen-bond donors (Lipinski definition) is 0. The smallest absolute Gasteiger partial charge is 1.00 e. The van der Waals surface area contributed by atoms with E-state index in [0.717, 1.165) is 3.69 Å². The second kappa shape index (κ2) is 13.1. The Bertz CT molecular complexity index is 160. The molecule has 0 saturated carbocycles. The van der Waals surface area contributed by atoms with Crippen LogP contribution in [0.4, 0.5) is 4.39 Å². The van der Waals surface area contributed by atoms with Gasteiger partial charge in [0.15, 0.2) is 0 Å². The van der Waals surface area contributed by atoms with Gasteiger partial charge in [-0.25, -0.2) is 0 Å². The molecule has 1 aromatic rings. The van der Waals surface area contributed by atoms with Crippen molar-refractivity contribution in [2.45, 2.75) is 0 Å². The first-order valence-corrected chi connectivity index (χ1v) is 3.07. The van der Waals surface area contributed by atoms with Gasteiger partial charge in [-0.2, -0.15) is 0 Å². The van der Waals surface area contributed by atoms with Crippen molar-refractivity contribution < 1.29 is 55.3 Å². The summed E-state index contributed by atoms with van der Waals surface area (Å²) in [5, 5.41) is 0. The van der Waals surface area contributed by atoms with Crippen molar-refractivity contribution in [1.82, 2.24) is 0 Å². The third-order valence-corrected chi connectivity index (χ3v) is 1.38. The van der Waals surface area contributed by atoms with E-state index in [1.807, 2.05) is 0 Å². The Labute approximate surface area is 132 Å². The fourth-order valence-corrected chi connectivity index (χ4v) is 0.720. The summed E-state index contributed by atoms with van der Waals surface area (Å²) in [6.07, 6.45) is 0. The summed E-state index contributed by atoms with van der Waals surface area (Å²) in [5.74, 6) is -0.166. The number of benzene rings is 1. The summed E-state index contributed by atoms with van der Waals surface area (Å²) >= 11 is 1.74. The van der Waals surface area contributed by atoms with Gasteiger partial charge < -0.3 is 50.9 Å². The number of halogens is 4. The van der Waals surface area contributed by atoms with E-state index in [4.69, 9.17) is 0 Å². The van der Waals surface area contributed by atoms with Crippen LogP contribution in [0.25, 0.3) is 0 Å². The molecule has 0 aromatic heterocycles. The van der Waals surface area contributed by atoms with Crippen molar-refractivity contribution in [2.24, 2.45) is 0 Å². The van der Waals surface area contributed by atoms with Crippen LogP contribution in [0.3, 0.4) is 0 Å². The average molecular weight is 383 g/mol. The molecule has 0 nitrogen and oxygen atoms in total. The molecule has 0 atom stereocenters. The zero-order chi connectivity index (χ0) is 5.98. The molecule has 60 valence electrons. The minimum absolute atomic E-state index is 0. The molecule has 0 aliphatic heterocycles. The van der Waals surface area contributed by atoms with E-state index in [9.17, 15) is 4.39 Å². The van der Waals surface area contributed by atoms with Gasteiger partial charge in [0.25, 0.3) is 0 Å². The van der Waals surface area contributed by atoms with Crippen LogP contribution in [0.15, 0.2) is 24.3 Å². The predicted octanol–water partition coefficient (Wildman–Crippen LogP) is -8.75. The van der Waals surface area contributed by atoms with Gasteiger partial charge in [-0.05, 0) is 0 Å². The minimum Gasteiger partial charge on any atom is -1.00 e. The molecule has 0 spiro atoms. The number of hydrogen-bond acceptors (Lipinski definition) is 0. The molecular weight excluding hydrogens is 379 g/mol. The monoisotopic (exact) mass is 380 g/mol. The summed E-state index contributed by atoms with van der Waals surface area (Å²) in [5.41, 5.74) is 0. The van der Waals surface area contributed by atoms with Crippen LogP contribution in [0, 0.1) is 5.82 Å². The Morgan fingerprint density at radius 3 is 1.50 bits per heavy atom. The first kappa shape index (κ1) is 23.7. The normalized spacial score (nSPS) is 6.25. The van der Waals surface area contributed by atoms with E-state index in [0.29, 0.717) is 0 Å². The molecule has 0 aliphatic carbocycles. The van der Waals surface area contributed by atoms with Gasteiger partial charge in [0.05, 0.1) is 0 Å². The first-order valence-electron chi connectivity index (χ1n) is 2.36. The van der Waals surface area contributed by atoms with Crippen molar-refractivity contribution in [3.05, 3.63) is 30.1 Å². The maximum atomic E-state index is 12.1. The van der Waals surface area contributed by atoms with Gasteiger partial charge >= 0.3 is 82.9 Å². The van der Waals surface area contributed by atoms with Crippen LogP contribution in [0.5, 0.6) is 0 Å². The molecule has 0 amide bonds. The van der Waals surface area contributed by atoms with E-state index < -0.39 is 0 Å². The van der Waals surface area contributed by atoms with Crippen molar-refractivity contribution in [3.63, 3.8) is 0 Å². The van der Waals surface area contributed by atoms with Gasteiger partial charge in [-0.3, -0.25) is 0 Å². The summed E-state index contributed by atoms with van der Waals surface area (Å²) in [7, 11) is 0. The molecule has 0 bridgehead atoms. The molecule has 6 heteroatoms. The summed E-state index contributed by atoms with van der Waals surface area (Å²) in [4.78, 5) is 0. The summed E-state index contributed by atoms with van der Waals surface area (Å²) in [6, 6.07) is 6.44. The Kier molecular flexibility index (Phi) is 26.0. The van der Waals surface area contributed by atoms with Crippen LogP contribution in [-0.4, -0.2) is 44.8 Å². The van der Waals surface area contributed by atoms with E-state index >= 15 is 0 Å². The summed E-state index contributed by atoms with van der Waals surface area (Å²) in [6.45, 7) is 0. The average Bonchev–Trinajstić information content (AvgIpc) is 1.77. The Morgan fingerprint density at radius 2 is 1.25 bits per heavy atom. The van der Waals surface area contributed by atoms with Gasteiger partial charge in [0.1, 0.15) is 0 Å². The van der Waals surface area contributed by atoms with Gasteiger partial charge in [-0.15, -0.1) is 0 Å². The zero-order valence-electron chi connectivity index (χ0n) is 6.24. The van der Waals surface area contributed by atoms with Crippen LogP contribution in [0.1, 0.15) is 0 Å². The molecule has 12 heavy (non-hydrogen) atoms. The fourth-order valence-electron chi connectivity index (χ4n) is 0.484. The van der Waals surface area contributed by atoms with E-state index in [2.05, 4.69) is 0 Å². The van der Waals surface area contributed by atoms with Gasteiger partial charge in [0, 0.05) is 0 Å². The Hall–Kier alpha value is 2.12. The number of rotatable bonds is 0. The molecule has 0 N–H and O–H groups in total. The summed E-state index contributed by atoms with van der Waals surface area (Å²) < 4.78 is 13.2. The molecule has 0 aliphatic rings. The quantitative estimate of drug-likeness (QED) is 0.391. The van der Waals surface area contributed by atoms with E-state index in [1.165, 1.54) is 12.1 Å². The largest absolute Gasteiger partial charge is 2.00 e. The Balaban J connectivity index is -0.0000000800. The maximum Gasteiger partial charge on any atom is 2.00 e. The molecule has 0 heterocycles. The zero-order valence-corrected chi connectivity index (χ0v) is 13.8. The molecule has 0 unspecified atom stereocenters. The van der Waals surface area contributed by atoms with Crippen LogP contribution < -0.4 is 54.6 Å². The SMILES string of the molecule is Fc1cc[c]([Mg+])cc1.[Br-].[Br-].[Br-].[Mg+2]. The molecule has 1 rings (SSSR count). The van der Waals surface area contributed by atoms with Gasteiger partial charge in [-0.1, -0.05) is 0 Å². The molecular formula is C6H4Br3FMg2. The topological polar surface area (TPSA) is 0 Å². The first-order chi connectivity index (χ1) is 3.79. The third-order valence-electron chi connectivity index (χ3n) is 0.913.